The zero-order valence-corrected chi connectivity index (χ0v) is 27.7. The lowest BCUT2D eigenvalue weighted by atomic mass is 10.1. The van der Waals surface area contributed by atoms with Crippen molar-refractivity contribution in [2.24, 2.45) is 5.73 Å². The van der Waals surface area contributed by atoms with Crippen LogP contribution in [0.25, 0.3) is 0 Å². The average Bonchev–Trinajstić information content (AvgIpc) is 3.40. The Balaban J connectivity index is 1.31. The van der Waals surface area contributed by atoms with Gasteiger partial charge in [0.15, 0.2) is 11.5 Å². The predicted octanol–water partition coefficient (Wildman–Crippen LogP) is 5.86. The van der Waals surface area contributed by atoms with Crippen molar-refractivity contribution in [1.82, 2.24) is 5.32 Å². The number of carbonyl (C=O) groups is 3. The SMILES string of the molecule is COc1cc(Br)c(CCNC(=O)C[C@H]2S[C@@H](c3ccc(C#Cc4ccccc4)cc3)N(c3cccc(C(N)=O)c3)C2=O)cc1OC. The van der Waals surface area contributed by atoms with Crippen LogP contribution in [0, 0.1) is 11.8 Å². The zero-order chi connectivity index (χ0) is 32.6. The van der Waals surface area contributed by atoms with Gasteiger partial charge >= 0.3 is 0 Å². The largest absolute Gasteiger partial charge is 0.493 e. The third-order valence-electron chi connectivity index (χ3n) is 7.41. The van der Waals surface area contributed by atoms with Crippen LogP contribution in [0.1, 0.15) is 44.4 Å². The van der Waals surface area contributed by atoms with Gasteiger partial charge in [-0.1, -0.05) is 64.2 Å². The number of nitrogens with one attached hydrogen (secondary N) is 1. The number of primary amides is 1. The Labute approximate surface area is 280 Å². The number of carbonyl (C=O) groups excluding carboxylic acids is 3. The average molecular weight is 699 g/mol. The van der Waals surface area contributed by atoms with Crippen LogP contribution in [0.3, 0.4) is 0 Å². The van der Waals surface area contributed by atoms with Gasteiger partial charge in [0.05, 0.1) is 19.5 Å². The molecule has 1 aliphatic heterocycles. The molecule has 10 heteroatoms. The maximum Gasteiger partial charge on any atom is 0.248 e. The highest BCUT2D eigenvalue weighted by atomic mass is 79.9. The van der Waals surface area contributed by atoms with Crippen LogP contribution in [0.2, 0.25) is 0 Å². The lowest BCUT2D eigenvalue weighted by molar-refractivity contribution is -0.124. The van der Waals surface area contributed by atoms with E-state index in [1.54, 1.807) is 43.4 Å². The van der Waals surface area contributed by atoms with Gasteiger partial charge in [-0.05, 0) is 72.1 Å². The molecule has 0 aromatic heterocycles. The van der Waals surface area contributed by atoms with Crippen molar-refractivity contribution >= 4 is 51.1 Å². The summed E-state index contributed by atoms with van der Waals surface area (Å²) in [5.74, 6) is 6.49. The molecule has 46 heavy (non-hydrogen) atoms. The fourth-order valence-corrected chi connectivity index (χ4v) is 7.01. The summed E-state index contributed by atoms with van der Waals surface area (Å²) >= 11 is 4.95. The minimum absolute atomic E-state index is 0.000250. The molecule has 0 saturated carbocycles. The van der Waals surface area contributed by atoms with Crippen LogP contribution in [0.15, 0.2) is 95.5 Å². The number of thioether (sulfide) groups is 1. The molecule has 8 nitrogen and oxygen atoms in total. The van der Waals surface area contributed by atoms with Gasteiger partial charge < -0.3 is 20.5 Å². The molecule has 234 valence electrons. The number of anilines is 1. The standard InChI is InChI=1S/C36H32BrN3O5S/c1-44-30-20-26(29(37)21-31(30)45-2)17-18-39-33(41)22-32-35(43)40(28-10-6-9-27(19-28)34(38)42)36(46-32)25-15-13-24(14-16-25)12-11-23-7-4-3-5-8-23/h3-10,13-16,19-21,32,36H,17-18,22H2,1-2H3,(H2,38,42)(H,39,41)/t32-,36+/m1/s1. The van der Waals surface area contributed by atoms with Crippen molar-refractivity contribution in [1.29, 1.82) is 0 Å². The predicted molar refractivity (Wildman–Crippen MR) is 184 cm³/mol. The number of rotatable bonds is 10. The Kier molecular flexibility index (Phi) is 10.7. The molecule has 5 rings (SSSR count). The molecule has 1 saturated heterocycles. The van der Waals surface area contributed by atoms with Crippen LogP contribution >= 0.6 is 27.7 Å². The van der Waals surface area contributed by atoms with Gasteiger partial charge in [0.1, 0.15) is 5.37 Å². The monoisotopic (exact) mass is 697 g/mol. The quantitative estimate of drug-likeness (QED) is 0.201. The van der Waals surface area contributed by atoms with Crippen molar-refractivity contribution in [2.45, 2.75) is 23.5 Å². The van der Waals surface area contributed by atoms with E-state index < -0.39 is 16.5 Å². The number of methoxy groups -OCH3 is 2. The topological polar surface area (TPSA) is 111 Å². The second-order valence-electron chi connectivity index (χ2n) is 10.4. The van der Waals surface area contributed by atoms with Crippen molar-refractivity contribution in [3.8, 4) is 23.3 Å². The summed E-state index contributed by atoms with van der Waals surface area (Å²) in [7, 11) is 3.15. The third kappa shape index (κ3) is 7.73. The number of halogens is 1. The molecular weight excluding hydrogens is 666 g/mol. The van der Waals surface area contributed by atoms with Gasteiger partial charge in [-0.15, -0.1) is 11.8 Å². The van der Waals surface area contributed by atoms with Crippen molar-refractivity contribution in [2.75, 3.05) is 25.7 Å². The third-order valence-corrected chi connectivity index (χ3v) is 9.59. The van der Waals surface area contributed by atoms with Gasteiger partial charge in [-0.3, -0.25) is 19.3 Å². The fourth-order valence-electron chi connectivity index (χ4n) is 5.04. The smallest absolute Gasteiger partial charge is 0.248 e. The van der Waals surface area contributed by atoms with Crippen LogP contribution < -0.4 is 25.4 Å². The first kappa shape index (κ1) is 32.7. The van der Waals surface area contributed by atoms with E-state index in [0.717, 1.165) is 26.7 Å². The summed E-state index contributed by atoms with van der Waals surface area (Å²) in [4.78, 5) is 40.5. The number of amides is 3. The van der Waals surface area contributed by atoms with E-state index in [9.17, 15) is 14.4 Å². The fraction of sp³-hybridized carbons (Fsp3) is 0.194. The molecule has 0 unspecified atom stereocenters. The van der Waals surface area contributed by atoms with E-state index in [0.29, 0.717) is 35.7 Å². The zero-order valence-electron chi connectivity index (χ0n) is 25.3. The maximum absolute atomic E-state index is 13.9. The summed E-state index contributed by atoms with van der Waals surface area (Å²) in [5, 5.41) is 1.89. The number of benzene rings is 4. The van der Waals surface area contributed by atoms with E-state index >= 15 is 0 Å². The second kappa shape index (κ2) is 15.0. The Bertz CT molecular complexity index is 1800. The van der Waals surface area contributed by atoms with E-state index in [-0.39, 0.29) is 18.2 Å². The number of ether oxygens (including phenoxy) is 2. The minimum atomic E-state index is -0.632. The first-order valence-corrected chi connectivity index (χ1v) is 16.2. The molecule has 1 fully saturated rings. The highest BCUT2D eigenvalue weighted by Gasteiger charge is 2.42. The molecule has 4 aromatic rings. The Morgan fingerprint density at radius 1 is 0.913 bits per heavy atom. The molecule has 0 aliphatic carbocycles. The first-order valence-electron chi connectivity index (χ1n) is 14.5. The Morgan fingerprint density at radius 2 is 1.59 bits per heavy atom. The highest BCUT2D eigenvalue weighted by molar-refractivity contribution is 9.10. The van der Waals surface area contributed by atoms with Gasteiger partial charge in [-0.2, -0.15) is 0 Å². The van der Waals surface area contributed by atoms with Gasteiger partial charge in [0.2, 0.25) is 17.7 Å². The molecule has 1 heterocycles. The molecular formula is C36H32BrN3O5S. The van der Waals surface area contributed by atoms with Gasteiger partial charge in [0, 0.05) is 39.8 Å². The van der Waals surface area contributed by atoms with Crippen LogP contribution in [-0.2, 0) is 16.0 Å². The lowest BCUT2D eigenvalue weighted by Crippen LogP contribution is -2.34. The first-order chi connectivity index (χ1) is 22.3. The minimum Gasteiger partial charge on any atom is -0.493 e. The summed E-state index contributed by atoms with van der Waals surface area (Å²) < 4.78 is 11.6. The van der Waals surface area contributed by atoms with Crippen LogP contribution in [0.5, 0.6) is 11.5 Å². The van der Waals surface area contributed by atoms with E-state index in [1.165, 1.54) is 11.8 Å². The molecule has 4 aromatic carbocycles. The normalized spacial score (nSPS) is 15.5. The van der Waals surface area contributed by atoms with Crippen molar-refractivity contribution in [3.05, 3.63) is 123 Å². The van der Waals surface area contributed by atoms with E-state index in [1.807, 2.05) is 66.7 Å². The summed E-state index contributed by atoms with van der Waals surface area (Å²) in [6.45, 7) is 0.373. The highest BCUT2D eigenvalue weighted by Crippen LogP contribution is 2.46. The molecule has 0 spiro atoms. The molecule has 3 amide bonds. The summed E-state index contributed by atoms with van der Waals surface area (Å²) in [6, 6.07) is 27.8. The number of nitrogens with two attached hydrogens (primary N) is 1. The molecule has 3 N–H and O–H groups in total. The van der Waals surface area contributed by atoms with E-state index in [4.69, 9.17) is 15.2 Å². The molecule has 0 radical (unpaired) electrons. The Morgan fingerprint density at radius 3 is 2.26 bits per heavy atom. The van der Waals surface area contributed by atoms with Gasteiger partial charge in [-0.25, -0.2) is 0 Å². The second-order valence-corrected chi connectivity index (χ2v) is 12.6. The van der Waals surface area contributed by atoms with Gasteiger partial charge in [0.25, 0.3) is 0 Å². The molecule has 0 bridgehead atoms. The van der Waals surface area contributed by atoms with Crippen molar-refractivity contribution in [3.63, 3.8) is 0 Å². The van der Waals surface area contributed by atoms with Crippen LogP contribution in [0.4, 0.5) is 5.69 Å². The number of nitrogens with zero attached hydrogens (tertiary/aromatic N) is 1. The number of hydrogen-bond donors (Lipinski definition) is 2. The lowest BCUT2D eigenvalue weighted by Gasteiger charge is -2.24. The summed E-state index contributed by atoms with van der Waals surface area (Å²) in [5.41, 5.74) is 9.94. The Hall–Kier alpha value is -4.72. The summed E-state index contributed by atoms with van der Waals surface area (Å²) in [6.07, 6.45) is 0.548. The molecule has 1 aliphatic rings. The number of hydrogen-bond acceptors (Lipinski definition) is 6. The maximum atomic E-state index is 13.9. The van der Waals surface area contributed by atoms with Crippen LogP contribution in [-0.4, -0.2) is 43.7 Å². The van der Waals surface area contributed by atoms with E-state index in [2.05, 4.69) is 33.1 Å². The molecule has 2 atom stereocenters. The van der Waals surface area contributed by atoms with Crippen molar-refractivity contribution < 1.29 is 23.9 Å².